The largest absolute Gasteiger partial charge is 0.489 e. The van der Waals surface area contributed by atoms with Crippen molar-refractivity contribution >= 4 is 27.9 Å². The number of likely N-dealkylation sites (tertiary alicyclic amines) is 1. The van der Waals surface area contributed by atoms with Gasteiger partial charge in [0.05, 0.1) is 17.3 Å². The van der Waals surface area contributed by atoms with Crippen molar-refractivity contribution in [2.24, 2.45) is 0 Å². The van der Waals surface area contributed by atoms with Crippen molar-refractivity contribution in [3.05, 3.63) is 70.5 Å². The summed E-state index contributed by atoms with van der Waals surface area (Å²) in [5.41, 5.74) is 5.24. The number of benzene rings is 2. The highest BCUT2D eigenvalue weighted by Gasteiger charge is 2.24. The molecular formula is C26H29F2N3OS. The molecular weight excluding hydrogens is 440 g/mol. The molecule has 0 saturated carbocycles. The van der Waals surface area contributed by atoms with Crippen molar-refractivity contribution in [2.45, 2.75) is 38.2 Å². The highest BCUT2D eigenvalue weighted by molar-refractivity contribution is 8.25. The van der Waals surface area contributed by atoms with E-state index in [0.29, 0.717) is 23.5 Å². The van der Waals surface area contributed by atoms with Crippen LogP contribution in [0.15, 0.2) is 48.3 Å². The molecule has 2 aromatic rings. The summed E-state index contributed by atoms with van der Waals surface area (Å²) in [5, 5.41) is 15.6. The van der Waals surface area contributed by atoms with Gasteiger partial charge in [0, 0.05) is 37.2 Å². The fraction of sp³-hybridized carbons (Fsp3) is 0.385. The Hall–Kier alpha value is -2.51. The summed E-state index contributed by atoms with van der Waals surface area (Å²) < 4.78 is 33.7. The second-order valence-electron chi connectivity index (χ2n) is 8.47. The van der Waals surface area contributed by atoms with Gasteiger partial charge in [-0.1, -0.05) is 36.0 Å². The first-order valence-electron chi connectivity index (χ1n) is 11.4. The second kappa shape index (κ2) is 11.1. The molecule has 33 heavy (non-hydrogen) atoms. The van der Waals surface area contributed by atoms with Gasteiger partial charge in [-0.05, 0) is 60.6 Å². The Kier molecular flexibility index (Phi) is 7.93. The Bertz CT molecular complexity index is 1040. The van der Waals surface area contributed by atoms with Crippen molar-refractivity contribution in [1.29, 1.82) is 10.8 Å². The third-order valence-electron chi connectivity index (χ3n) is 6.21. The van der Waals surface area contributed by atoms with Gasteiger partial charge in [0.2, 0.25) is 0 Å². The number of halogens is 2. The van der Waals surface area contributed by atoms with Crippen LogP contribution >= 0.6 is 11.8 Å². The zero-order valence-corrected chi connectivity index (χ0v) is 19.4. The number of hydrogen-bond donors (Lipinski definition) is 2. The SMILES string of the molecule is N=CSC(=N)c1ccc2c(c1)CCCC(F)=C2c1ccc(OC2CCN(CCCF)C2)cc1. The van der Waals surface area contributed by atoms with Gasteiger partial charge >= 0.3 is 0 Å². The van der Waals surface area contributed by atoms with E-state index in [1.807, 2.05) is 42.5 Å². The number of fused-ring (bicyclic) bond motifs is 1. The summed E-state index contributed by atoms with van der Waals surface area (Å²) >= 11 is 1.06. The van der Waals surface area contributed by atoms with Crippen molar-refractivity contribution in [3.63, 3.8) is 0 Å². The minimum atomic E-state index is -0.286. The van der Waals surface area contributed by atoms with E-state index in [9.17, 15) is 4.39 Å². The number of thioether (sulfide) groups is 1. The molecule has 0 radical (unpaired) electrons. The summed E-state index contributed by atoms with van der Waals surface area (Å²) in [6.45, 7) is 2.22. The average molecular weight is 470 g/mol. The number of hydrogen-bond acceptors (Lipinski definition) is 5. The lowest BCUT2D eigenvalue weighted by Gasteiger charge is -2.17. The molecule has 1 fully saturated rings. The molecule has 1 aliphatic heterocycles. The van der Waals surface area contributed by atoms with Crippen LogP contribution in [0.5, 0.6) is 5.75 Å². The second-order valence-corrected chi connectivity index (χ2v) is 9.35. The first-order valence-corrected chi connectivity index (χ1v) is 12.3. The lowest BCUT2D eigenvalue weighted by molar-refractivity contribution is 0.198. The molecule has 2 N–H and O–H groups in total. The minimum absolute atomic E-state index is 0.0950. The molecule has 1 atom stereocenters. The molecule has 1 saturated heterocycles. The summed E-state index contributed by atoms with van der Waals surface area (Å²) in [6.07, 6.45) is 3.45. The molecule has 1 unspecified atom stereocenters. The number of alkyl halides is 1. The van der Waals surface area contributed by atoms with Crippen LogP contribution in [0.1, 0.15) is 47.9 Å². The van der Waals surface area contributed by atoms with E-state index in [-0.39, 0.29) is 18.6 Å². The van der Waals surface area contributed by atoms with Crippen LogP contribution in [0.25, 0.3) is 5.57 Å². The molecule has 1 heterocycles. The third-order valence-corrected chi connectivity index (χ3v) is 6.80. The van der Waals surface area contributed by atoms with E-state index < -0.39 is 0 Å². The van der Waals surface area contributed by atoms with Crippen LogP contribution in [-0.4, -0.2) is 47.9 Å². The number of aryl methyl sites for hydroxylation is 1. The number of nitrogens with one attached hydrogen (secondary N) is 2. The molecule has 0 spiro atoms. The predicted molar refractivity (Wildman–Crippen MR) is 132 cm³/mol. The summed E-state index contributed by atoms with van der Waals surface area (Å²) in [5.74, 6) is 0.650. The first-order chi connectivity index (χ1) is 16.1. The first kappa shape index (κ1) is 23.6. The number of allylic oxidation sites excluding steroid dienone is 1. The summed E-state index contributed by atoms with van der Waals surface area (Å²) in [6, 6.07) is 13.3. The van der Waals surface area contributed by atoms with E-state index in [1.54, 1.807) is 0 Å². The summed E-state index contributed by atoms with van der Waals surface area (Å²) in [4.78, 5) is 2.23. The fourth-order valence-electron chi connectivity index (χ4n) is 4.60. The van der Waals surface area contributed by atoms with E-state index >= 15 is 4.39 Å². The van der Waals surface area contributed by atoms with Crippen LogP contribution in [0.2, 0.25) is 0 Å². The quantitative estimate of drug-likeness (QED) is 0.356. The Morgan fingerprint density at radius 2 is 2.00 bits per heavy atom. The van der Waals surface area contributed by atoms with Gasteiger partial charge in [-0.3, -0.25) is 14.7 Å². The van der Waals surface area contributed by atoms with Gasteiger partial charge in [0.25, 0.3) is 0 Å². The molecule has 4 rings (SSSR count). The van der Waals surface area contributed by atoms with Crippen LogP contribution < -0.4 is 4.74 Å². The summed E-state index contributed by atoms with van der Waals surface area (Å²) in [7, 11) is 0. The van der Waals surface area contributed by atoms with E-state index in [2.05, 4.69) is 4.90 Å². The van der Waals surface area contributed by atoms with E-state index in [0.717, 1.165) is 84.2 Å². The van der Waals surface area contributed by atoms with Gasteiger partial charge in [-0.2, -0.15) is 0 Å². The van der Waals surface area contributed by atoms with Gasteiger partial charge in [-0.25, -0.2) is 4.39 Å². The molecule has 1 aliphatic carbocycles. The van der Waals surface area contributed by atoms with Crippen molar-refractivity contribution in [3.8, 4) is 5.75 Å². The Balaban J connectivity index is 1.51. The molecule has 7 heteroatoms. The third kappa shape index (κ3) is 5.71. The molecule has 0 aromatic heterocycles. The van der Waals surface area contributed by atoms with Crippen molar-refractivity contribution in [2.75, 3.05) is 26.3 Å². The maximum Gasteiger partial charge on any atom is 0.119 e. The maximum absolute atomic E-state index is 15.2. The van der Waals surface area contributed by atoms with Gasteiger partial charge < -0.3 is 10.1 Å². The number of ether oxygens (including phenoxy) is 1. The fourth-order valence-corrected chi connectivity index (χ4v) is 4.98. The Morgan fingerprint density at radius 1 is 1.18 bits per heavy atom. The molecule has 2 aliphatic rings. The Morgan fingerprint density at radius 3 is 2.76 bits per heavy atom. The lowest BCUT2D eigenvalue weighted by Crippen LogP contribution is -2.26. The van der Waals surface area contributed by atoms with Crippen LogP contribution in [0.4, 0.5) is 8.78 Å². The predicted octanol–water partition coefficient (Wildman–Crippen LogP) is 6.23. The van der Waals surface area contributed by atoms with E-state index in [4.69, 9.17) is 15.6 Å². The highest BCUT2D eigenvalue weighted by atomic mass is 32.2. The number of nitrogens with zero attached hydrogens (tertiary/aromatic N) is 1. The van der Waals surface area contributed by atoms with Gasteiger partial charge in [0.15, 0.2) is 0 Å². The molecule has 174 valence electrons. The highest BCUT2D eigenvalue weighted by Crippen LogP contribution is 2.37. The normalized spacial score (nSPS) is 18.7. The molecule has 4 nitrogen and oxygen atoms in total. The van der Waals surface area contributed by atoms with E-state index in [1.165, 1.54) is 0 Å². The standard InChI is InChI=1S/C26H29F2N3OS/c27-12-2-13-31-14-11-22(16-31)32-21-8-5-18(6-9-21)25-23-10-7-20(26(30)33-17-29)15-19(23)3-1-4-24(25)28/h5-10,15,17,22,29-30H,1-4,11-14,16H2. The van der Waals surface area contributed by atoms with Crippen LogP contribution in [0.3, 0.4) is 0 Å². The monoisotopic (exact) mass is 469 g/mol. The molecule has 0 amide bonds. The van der Waals surface area contributed by atoms with Crippen molar-refractivity contribution in [1.82, 2.24) is 4.90 Å². The maximum atomic E-state index is 15.2. The number of rotatable bonds is 8. The smallest absolute Gasteiger partial charge is 0.119 e. The Labute approximate surface area is 198 Å². The van der Waals surface area contributed by atoms with Crippen LogP contribution in [0, 0.1) is 10.8 Å². The zero-order chi connectivity index (χ0) is 23.2. The van der Waals surface area contributed by atoms with Crippen molar-refractivity contribution < 1.29 is 13.5 Å². The van der Waals surface area contributed by atoms with Gasteiger partial charge in [0.1, 0.15) is 17.7 Å². The lowest BCUT2D eigenvalue weighted by atomic mass is 9.92. The molecule has 0 bridgehead atoms. The minimum Gasteiger partial charge on any atom is -0.489 e. The van der Waals surface area contributed by atoms with Gasteiger partial charge in [-0.15, -0.1) is 0 Å². The topological polar surface area (TPSA) is 60.2 Å². The average Bonchev–Trinajstić information content (AvgIpc) is 3.19. The van der Waals surface area contributed by atoms with Crippen LogP contribution in [-0.2, 0) is 6.42 Å². The molecule has 2 aromatic carbocycles. The zero-order valence-electron chi connectivity index (χ0n) is 18.6.